The third-order valence-corrected chi connectivity index (χ3v) is 4.05. The fourth-order valence-electron chi connectivity index (χ4n) is 2.63. The second kappa shape index (κ2) is 5.21. The number of hydrogen-bond acceptors (Lipinski definition) is 3. The molecule has 0 aromatic heterocycles. The molecule has 0 bridgehead atoms. The zero-order valence-corrected chi connectivity index (χ0v) is 12.0. The highest BCUT2D eigenvalue weighted by Gasteiger charge is 2.32. The smallest absolute Gasteiger partial charge is 0.239 e. The Bertz CT molecular complexity index is 486. The normalized spacial score (nSPS) is 17.7. The van der Waals surface area contributed by atoms with Gasteiger partial charge in [-0.2, -0.15) is 0 Å². The highest BCUT2D eigenvalue weighted by molar-refractivity contribution is 5.85. The van der Waals surface area contributed by atoms with E-state index in [1.807, 2.05) is 6.92 Å². The minimum Gasteiger partial charge on any atom is -0.369 e. The molecule has 1 aliphatic heterocycles. The number of hydrogen-bond donors (Lipinski definition) is 2. The zero-order chi connectivity index (χ0) is 14.0. The average molecular weight is 261 g/mol. The van der Waals surface area contributed by atoms with Crippen LogP contribution in [-0.2, 0) is 11.2 Å². The Kier molecular flexibility index (Phi) is 3.80. The lowest BCUT2D eigenvalue weighted by molar-refractivity contribution is -0.123. The molecule has 4 heteroatoms. The molecule has 1 aromatic carbocycles. The molecule has 1 heterocycles. The molecule has 4 nitrogen and oxygen atoms in total. The summed E-state index contributed by atoms with van der Waals surface area (Å²) in [7, 11) is 1.78. The van der Waals surface area contributed by atoms with E-state index in [0.29, 0.717) is 6.54 Å². The molecule has 0 spiro atoms. The minimum absolute atomic E-state index is 0.311. The molecule has 1 atom stereocenters. The molecule has 0 fully saturated rings. The summed E-state index contributed by atoms with van der Waals surface area (Å²) in [4.78, 5) is 13.9. The maximum absolute atomic E-state index is 11.6. The summed E-state index contributed by atoms with van der Waals surface area (Å²) in [5.41, 5.74) is 8.71. The first kappa shape index (κ1) is 13.9. The second-order valence-corrected chi connectivity index (χ2v) is 5.60. The Hall–Kier alpha value is -1.55. The third-order valence-electron chi connectivity index (χ3n) is 4.05. The van der Waals surface area contributed by atoms with Crippen LogP contribution in [0, 0.1) is 6.92 Å². The first-order valence-electron chi connectivity index (χ1n) is 6.79. The summed E-state index contributed by atoms with van der Waals surface area (Å²) < 4.78 is 0. The number of nitrogens with two attached hydrogens (primary N) is 1. The molecular weight excluding hydrogens is 238 g/mol. The van der Waals surface area contributed by atoms with Gasteiger partial charge >= 0.3 is 0 Å². The van der Waals surface area contributed by atoms with Gasteiger partial charge in [0.25, 0.3) is 0 Å². The van der Waals surface area contributed by atoms with Crippen LogP contribution in [0.1, 0.15) is 24.5 Å². The van der Waals surface area contributed by atoms with Crippen molar-refractivity contribution in [2.45, 2.75) is 32.2 Å². The average Bonchev–Trinajstić information content (AvgIpc) is 2.38. The second-order valence-electron chi connectivity index (χ2n) is 5.60. The molecule has 1 unspecified atom stereocenters. The zero-order valence-electron chi connectivity index (χ0n) is 12.0. The Morgan fingerprint density at radius 3 is 2.89 bits per heavy atom. The first-order valence-corrected chi connectivity index (χ1v) is 6.79. The first-order chi connectivity index (χ1) is 8.96. The van der Waals surface area contributed by atoms with Crippen LogP contribution in [0.4, 0.5) is 5.69 Å². The molecule has 0 radical (unpaired) electrons. The van der Waals surface area contributed by atoms with E-state index in [1.165, 1.54) is 16.8 Å². The summed E-state index contributed by atoms with van der Waals surface area (Å²) in [6.45, 7) is 5.55. The van der Waals surface area contributed by atoms with Crippen molar-refractivity contribution in [2.24, 2.45) is 5.73 Å². The number of carbonyl (C=O) groups excluding carboxylic acids is 1. The quantitative estimate of drug-likeness (QED) is 0.856. The third kappa shape index (κ3) is 2.73. The summed E-state index contributed by atoms with van der Waals surface area (Å²) in [5.74, 6) is -0.311. The maximum atomic E-state index is 11.6. The number of aryl methyl sites for hydroxylation is 2. The van der Waals surface area contributed by atoms with E-state index in [9.17, 15) is 4.79 Å². The fraction of sp³-hybridized carbons (Fsp3) is 0.533. The Morgan fingerprint density at radius 1 is 1.53 bits per heavy atom. The summed E-state index contributed by atoms with van der Waals surface area (Å²) in [6.07, 6.45) is 2.23. The number of likely N-dealkylation sites (N-methyl/N-ethyl adjacent to an activating group) is 1. The van der Waals surface area contributed by atoms with Crippen LogP contribution in [-0.4, -0.2) is 31.6 Å². The van der Waals surface area contributed by atoms with Crippen LogP contribution in [0.15, 0.2) is 18.2 Å². The number of rotatable bonds is 4. The summed E-state index contributed by atoms with van der Waals surface area (Å²) in [6, 6.07) is 6.52. The summed E-state index contributed by atoms with van der Waals surface area (Å²) in [5, 5.41) is 3.05. The van der Waals surface area contributed by atoms with Crippen molar-refractivity contribution in [2.75, 3.05) is 25.0 Å². The molecule has 0 aliphatic carbocycles. The number of nitrogens with one attached hydrogen (secondary N) is 1. The number of carbonyl (C=O) groups is 1. The van der Waals surface area contributed by atoms with Gasteiger partial charge in [0.15, 0.2) is 0 Å². The van der Waals surface area contributed by atoms with Crippen LogP contribution in [0.25, 0.3) is 0 Å². The van der Waals surface area contributed by atoms with Gasteiger partial charge in [-0.05, 0) is 45.4 Å². The minimum atomic E-state index is -0.695. The molecule has 1 aliphatic rings. The Labute approximate surface area is 115 Å². The molecule has 0 saturated carbocycles. The molecular formula is C15H23N3O. The summed E-state index contributed by atoms with van der Waals surface area (Å²) >= 11 is 0. The number of nitrogens with zero attached hydrogens (tertiary/aromatic N) is 1. The Morgan fingerprint density at radius 2 is 2.26 bits per heavy atom. The van der Waals surface area contributed by atoms with E-state index in [1.54, 1.807) is 7.05 Å². The van der Waals surface area contributed by atoms with E-state index in [-0.39, 0.29) is 5.91 Å². The van der Waals surface area contributed by atoms with Gasteiger partial charge < -0.3 is 16.0 Å². The van der Waals surface area contributed by atoms with Crippen molar-refractivity contribution in [3.05, 3.63) is 29.3 Å². The van der Waals surface area contributed by atoms with Crippen LogP contribution in [0.2, 0.25) is 0 Å². The van der Waals surface area contributed by atoms with Crippen molar-refractivity contribution >= 4 is 11.6 Å². The van der Waals surface area contributed by atoms with E-state index < -0.39 is 5.54 Å². The SMILES string of the molecule is CNC(C)(CN1CCCc2cc(C)ccc21)C(N)=O. The van der Waals surface area contributed by atoms with Crippen molar-refractivity contribution in [3.63, 3.8) is 0 Å². The highest BCUT2D eigenvalue weighted by Crippen LogP contribution is 2.29. The van der Waals surface area contributed by atoms with Gasteiger partial charge in [-0.15, -0.1) is 0 Å². The number of benzene rings is 1. The van der Waals surface area contributed by atoms with Crippen molar-refractivity contribution in [1.29, 1.82) is 0 Å². The van der Waals surface area contributed by atoms with Crippen molar-refractivity contribution in [3.8, 4) is 0 Å². The highest BCUT2D eigenvalue weighted by atomic mass is 16.1. The predicted octanol–water partition coefficient (Wildman–Crippen LogP) is 1.21. The molecule has 0 saturated heterocycles. The largest absolute Gasteiger partial charge is 0.369 e. The van der Waals surface area contributed by atoms with Gasteiger partial charge in [0.05, 0.1) is 0 Å². The topological polar surface area (TPSA) is 58.4 Å². The number of fused-ring (bicyclic) bond motifs is 1. The van der Waals surface area contributed by atoms with Gasteiger partial charge in [-0.1, -0.05) is 17.7 Å². The lowest BCUT2D eigenvalue weighted by Crippen LogP contribution is -2.59. The van der Waals surface area contributed by atoms with E-state index >= 15 is 0 Å². The van der Waals surface area contributed by atoms with Gasteiger partial charge in [0, 0.05) is 18.8 Å². The Balaban J connectivity index is 2.27. The maximum Gasteiger partial charge on any atom is 0.239 e. The molecule has 3 N–H and O–H groups in total. The van der Waals surface area contributed by atoms with E-state index in [2.05, 4.69) is 35.3 Å². The standard InChI is InChI=1S/C15H23N3O/c1-11-6-7-13-12(9-11)5-4-8-18(13)10-15(2,17-3)14(16)19/h6-7,9,17H,4-5,8,10H2,1-3H3,(H2,16,19). The number of anilines is 1. The number of primary amides is 1. The van der Waals surface area contributed by atoms with Crippen LogP contribution in [0.3, 0.4) is 0 Å². The monoisotopic (exact) mass is 261 g/mol. The number of amides is 1. The van der Waals surface area contributed by atoms with E-state index in [0.717, 1.165) is 19.4 Å². The van der Waals surface area contributed by atoms with Crippen LogP contribution >= 0.6 is 0 Å². The fourth-order valence-corrected chi connectivity index (χ4v) is 2.63. The van der Waals surface area contributed by atoms with E-state index in [4.69, 9.17) is 5.73 Å². The molecule has 104 valence electrons. The predicted molar refractivity (Wildman–Crippen MR) is 78.4 cm³/mol. The molecule has 19 heavy (non-hydrogen) atoms. The lowest BCUT2D eigenvalue weighted by atomic mass is 9.95. The van der Waals surface area contributed by atoms with Gasteiger partial charge in [0.1, 0.15) is 5.54 Å². The van der Waals surface area contributed by atoms with Crippen molar-refractivity contribution in [1.82, 2.24) is 5.32 Å². The van der Waals surface area contributed by atoms with Crippen LogP contribution < -0.4 is 16.0 Å². The molecule has 2 rings (SSSR count). The lowest BCUT2D eigenvalue weighted by Gasteiger charge is -2.37. The van der Waals surface area contributed by atoms with Crippen molar-refractivity contribution < 1.29 is 4.79 Å². The van der Waals surface area contributed by atoms with Gasteiger partial charge in [-0.25, -0.2) is 0 Å². The van der Waals surface area contributed by atoms with Gasteiger partial charge in [-0.3, -0.25) is 4.79 Å². The van der Waals surface area contributed by atoms with Gasteiger partial charge in [0.2, 0.25) is 5.91 Å². The molecule has 1 aromatic rings. The van der Waals surface area contributed by atoms with Crippen LogP contribution in [0.5, 0.6) is 0 Å². The molecule has 1 amide bonds.